The van der Waals surface area contributed by atoms with Crippen LogP contribution in [0.5, 0.6) is 0 Å². The van der Waals surface area contributed by atoms with E-state index in [0.29, 0.717) is 0 Å². The van der Waals surface area contributed by atoms with Crippen LogP contribution in [-0.2, 0) is 14.3 Å². The monoisotopic (exact) mass is 199 g/mol. The molecular formula is C9H13NO4. The molecule has 5 nitrogen and oxygen atoms in total. The summed E-state index contributed by atoms with van der Waals surface area (Å²) in [5, 5.41) is 2.67. The third-order valence-corrected chi connectivity index (χ3v) is 2.64. The number of carbonyl (C=O) groups is 2. The van der Waals surface area contributed by atoms with Crippen molar-refractivity contribution in [3.63, 3.8) is 0 Å². The molecule has 0 radical (unpaired) electrons. The van der Waals surface area contributed by atoms with E-state index in [1.165, 1.54) is 6.92 Å². The van der Waals surface area contributed by atoms with Gasteiger partial charge in [0.05, 0.1) is 0 Å². The smallest absolute Gasteiger partial charge is 0.407 e. The van der Waals surface area contributed by atoms with Gasteiger partial charge in [0.1, 0.15) is 18.2 Å². The minimum absolute atomic E-state index is 0.124. The summed E-state index contributed by atoms with van der Waals surface area (Å²) in [6.45, 7) is 1.38. The molecule has 14 heavy (non-hydrogen) atoms. The molecule has 1 aliphatic heterocycles. The molecule has 1 saturated carbocycles. The second-order valence-electron chi connectivity index (χ2n) is 3.69. The maximum atomic E-state index is 11.0. The SMILES string of the molecule is CC(=O)OC1CCCC2OC(=O)NC12. The van der Waals surface area contributed by atoms with Gasteiger partial charge in [-0.15, -0.1) is 0 Å². The highest BCUT2D eigenvalue weighted by Gasteiger charge is 2.43. The predicted octanol–water partition coefficient (Wildman–Crippen LogP) is 0.579. The van der Waals surface area contributed by atoms with Crippen LogP contribution in [0.3, 0.4) is 0 Å². The summed E-state index contributed by atoms with van der Waals surface area (Å²) in [4.78, 5) is 21.8. The molecule has 5 heteroatoms. The molecule has 3 atom stereocenters. The Morgan fingerprint density at radius 1 is 1.57 bits per heavy atom. The first-order chi connectivity index (χ1) is 6.66. The highest BCUT2D eigenvalue weighted by Crippen LogP contribution is 2.27. The maximum absolute atomic E-state index is 11.0. The molecule has 1 saturated heterocycles. The minimum Gasteiger partial charge on any atom is -0.460 e. The van der Waals surface area contributed by atoms with Crippen molar-refractivity contribution < 1.29 is 19.1 Å². The van der Waals surface area contributed by atoms with Crippen molar-refractivity contribution in [1.29, 1.82) is 0 Å². The lowest BCUT2D eigenvalue weighted by atomic mass is 9.90. The van der Waals surface area contributed by atoms with E-state index < -0.39 is 6.09 Å². The number of esters is 1. The van der Waals surface area contributed by atoms with Crippen molar-refractivity contribution in [2.24, 2.45) is 0 Å². The summed E-state index contributed by atoms with van der Waals surface area (Å²) >= 11 is 0. The van der Waals surface area contributed by atoms with Crippen LogP contribution in [0.2, 0.25) is 0 Å². The summed E-state index contributed by atoms with van der Waals surface area (Å²) in [6, 6.07) is -0.153. The molecule has 2 fully saturated rings. The first-order valence-corrected chi connectivity index (χ1v) is 4.81. The van der Waals surface area contributed by atoms with E-state index in [1.54, 1.807) is 0 Å². The molecule has 1 amide bonds. The number of rotatable bonds is 1. The molecule has 1 heterocycles. The number of nitrogens with one attached hydrogen (secondary N) is 1. The average molecular weight is 199 g/mol. The lowest BCUT2D eigenvalue weighted by molar-refractivity contribution is -0.150. The molecule has 0 bridgehead atoms. The Morgan fingerprint density at radius 3 is 3.07 bits per heavy atom. The molecule has 78 valence electrons. The van der Waals surface area contributed by atoms with Gasteiger partial charge in [0.15, 0.2) is 0 Å². The van der Waals surface area contributed by atoms with E-state index >= 15 is 0 Å². The fourth-order valence-corrected chi connectivity index (χ4v) is 2.09. The zero-order valence-electron chi connectivity index (χ0n) is 7.99. The van der Waals surface area contributed by atoms with Gasteiger partial charge in [-0.3, -0.25) is 4.79 Å². The van der Waals surface area contributed by atoms with Gasteiger partial charge < -0.3 is 14.8 Å². The molecule has 0 aromatic heterocycles. The van der Waals surface area contributed by atoms with Crippen LogP contribution in [0.15, 0.2) is 0 Å². The van der Waals surface area contributed by atoms with Crippen molar-refractivity contribution in [2.45, 2.75) is 44.4 Å². The molecule has 0 aromatic rings. The van der Waals surface area contributed by atoms with Gasteiger partial charge in [-0.1, -0.05) is 0 Å². The minimum atomic E-state index is -0.404. The standard InChI is InChI=1S/C9H13NO4/c1-5(11)13-6-3-2-4-7-8(6)10-9(12)14-7/h6-8H,2-4H2,1H3,(H,10,12). The predicted molar refractivity (Wildman–Crippen MR) is 46.6 cm³/mol. The Balaban J connectivity index is 2.03. The fraction of sp³-hybridized carbons (Fsp3) is 0.778. The second kappa shape index (κ2) is 3.48. The van der Waals surface area contributed by atoms with E-state index in [4.69, 9.17) is 9.47 Å². The number of hydrogen-bond donors (Lipinski definition) is 1. The van der Waals surface area contributed by atoms with E-state index in [-0.39, 0.29) is 24.2 Å². The number of carbonyl (C=O) groups excluding carboxylic acids is 2. The summed E-state index contributed by atoms with van der Waals surface area (Å²) in [7, 11) is 0. The van der Waals surface area contributed by atoms with Crippen LogP contribution >= 0.6 is 0 Å². The molecule has 0 spiro atoms. The lowest BCUT2D eigenvalue weighted by Crippen LogP contribution is -2.47. The number of hydrogen-bond acceptors (Lipinski definition) is 4. The Hall–Kier alpha value is -1.26. The van der Waals surface area contributed by atoms with E-state index in [9.17, 15) is 9.59 Å². The van der Waals surface area contributed by atoms with Crippen LogP contribution in [0.25, 0.3) is 0 Å². The van der Waals surface area contributed by atoms with Gasteiger partial charge in [0, 0.05) is 6.92 Å². The maximum Gasteiger partial charge on any atom is 0.407 e. The van der Waals surface area contributed by atoms with Crippen LogP contribution < -0.4 is 5.32 Å². The van der Waals surface area contributed by atoms with Gasteiger partial charge in [-0.25, -0.2) is 4.79 Å². The number of amides is 1. The van der Waals surface area contributed by atoms with Gasteiger partial charge in [0.2, 0.25) is 0 Å². The molecule has 3 unspecified atom stereocenters. The molecule has 1 N–H and O–H groups in total. The number of ether oxygens (including phenoxy) is 2. The van der Waals surface area contributed by atoms with Crippen LogP contribution in [-0.4, -0.2) is 30.3 Å². The van der Waals surface area contributed by atoms with Gasteiger partial charge in [-0.05, 0) is 19.3 Å². The molecule has 2 rings (SSSR count). The normalized spacial score (nSPS) is 35.5. The first kappa shape index (κ1) is 9.30. The highest BCUT2D eigenvalue weighted by molar-refractivity contribution is 5.71. The fourth-order valence-electron chi connectivity index (χ4n) is 2.09. The quantitative estimate of drug-likeness (QED) is 0.627. The van der Waals surface area contributed by atoms with Crippen molar-refractivity contribution in [2.75, 3.05) is 0 Å². The molecule has 1 aliphatic carbocycles. The number of alkyl carbamates (subject to hydrolysis) is 1. The van der Waals surface area contributed by atoms with Crippen molar-refractivity contribution >= 4 is 12.1 Å². The third kappa shape index (κ3) is 1.66. The van der Waals surface area contributed by atoms with E-state index in [1.807, 2.05) is 0 Å². The van der Waals surface area contributed by atoms with Crippen LogP contribution in [0.4, 0.5) is 4.79 Å². The van der Waals surface area contributed by atoms with E-state index in [0.717, 1.165) is 19.3 Å². The Bertz CT molecular complexity index is 266. The highest BCUT2D eigenvalue weighted by atomic mass is 16.6. The Kier molecular flexibility index (Phi) is 2.31. The van der Waals surface area contributed by atoms with E-state index in [2.05, 4.69) is 5.32 Å². The topological polar surface area (TPSA) is 64.6 Å². The molecule has 2 aliphatic rings. The van der Waals surface area contributed by atoms with Crippen LogP contribution in [0, 0.1) is 0 Å². The van der Waals surface area contributed by atoms with Gasteiger partial charge in [0.25, 0.3) is 0 Å². The zero-order chi connectivity index (χ0) is 10.1. The van der Waals surface area contributed by atoms with Crippen molar-refractivity contribution in [3.8, 4) is 0 Å². The van der Waals surface area contributed by atoms with Gasteiger partial charge >= 0.3 is 12.1 Å². The largest absolute Gasteiger partial charge is 0.460 e. The van der Waals surface area contributed by atoms with Gasteiger partial charge in [-0.2, -0.15) is 0 Å². The molecular weight excluding hydrogens is 186 g/mol. The van der Waals surface area contributed by atoms with Crippen LogP contribution in [0.1, 0.15) is 26.2 Å². The first-order valence-electron chi connectivity index (χ1n) is 4.81. The Labute approximate surface area is 81.7 Å². The Morgan fingerprint density at radius 2 is 2.36 bits per heavy atom. The summed E-state index contributed by atoms with van der Waals surface area (Å²) < 4.78 is 10.2. The number of fused-ring (bicyclic) bond motifs is 1. The van der Waals surface area contributed by atoms with Crippen molar-refractivity contribution in [1.82, 2.24) is 5.32 Å². The molecule has 0 aromatic carbocycles. The average Bonchev–Trinajstić information content (AvgIpc) is 2.45. The van der Waals surface area contributed by atoms with Crippen molar-refractivity contribution in [3.05, 3.63) is 0 Å². The second-order valence-corrected chi connectivity index (χ2v) is 3.69. The summed E-state index contributed by atoms with van der Waals surface area (Å²) in [6.07, 6.45) is 1.82. The zero-order valence-corrected chi connectivity index (χ0v) is 7.99. The summed E-state index contributed by atoms with van der Waals surface area (Å²) in [5.74, 6) is -0.309. The lowest BCUT2D eigenvalue weighted by Gasteiger charge is -2.30. The third-order valence-electron chi connectivity index (χ3n) is 2.64. The summed E-state index contributed by atoms with van der Waals surface area (Å²) in [5.41, 5.74) is 0.